The highest BCUT2D eigenvalue weighted by Crippen LogP contribution is 2.12. The molecular formula is C15H15FN2O. The van der Waals surface area contributed by atoms with Crippen molar-refractivity contribution in [3.05, 3.63) is 66.0 Å². The first-order chi connectivity index (χ1) is 9.15. The van der Waals surface area contributed by atoms with Crippen molar-refractivity contribution in [3.8, 4) is 0 Å². The van der Waals surface area contributed by atoms with Crippen molar-refractivity contribution in [3.63, 3.8) is 0 Å². The number of urea groups is 1. The zero-order valence-electron chi connectivity index (χ0n) is 10.6. The van der Waals surface area contributed by atoms with Gasteiger partial charge in [0.1, 0.15) is 5.82 Å². The van der Waals surface area contributed by atoms with Gasteiger partial charge in [0.2, 0.25) is 0 Å². The fourth-order valence-corrected chi connectivity index (χ4v) is 1.72. The Morgan fingerprint density at radius 1 is 1.05 bits per heavy atom. The fourth-order valence-electron chi connectivity index (χ4n) is 1.72. The molecule has 0 saturated heterocycles. The number of carbonyl (C=O) groups is 1. The van der Waals surface area contributed by atoms with Gasteiger partial charge >= 0.3 is 6.03 Å². The quantitative estimate of drug-likeness (QED) is 0.865. The lowest BCUT2D eigenvalue weighted by molar-refractivity contribution is 0.249. The minimum Gasteiger partial charge on any atom is -0.331 e. The second-order valence-corrected chi connectivity index (χ2v) is 4.24. The van der Waals surface area contributed by atoms with Crippen LogP contribution in [0.5, 0.6) is 0 Å². The van der Waals surface area contributed by atoms with Gasteiger partial charge < -0.3 is 10.6 Å². The Morgan fingerprint density at radius 3 is 2.32 bits per heavy atom. The van der Waals surface area contributed by atoms with Crippen LogP contribution in [0.25, 0.3) is 0 Å². The highest BCUT2D eigenvalue weighted by Gasteiger charge is 2.08. The average Bonchev–Trinajstić information content (AvgIpc) is 2.42. The van der Waals surface area contributed by atoms with Gasteiger partial charge in [0.15, 0.2) is 0 Å². The standard InChI is InChI=1S/C15H15FN2O/c1-11(12-5-3-2-4-6-12)17-15(19)18-14-9-7-13(16)8-10-14/h2-11H,1H3,(H2,17,18,19)/t11-/m0/s1. The lowest BCUT2D eigenvalue weighted by Gasteiger charge is -2.15. The zero-order valence-corrected chi connectivity index (χ0v) is 10.6. The number of hydrogen-bond acceptors (Lipinski definition) is 1. The number of anilines is 1. The maximum absolute atomic E-state index is 12.7. The van der Waals surface area contributed by atoms with Crippen molar-refractivity contribution in [2.24, 2.45) is 0 Å². The van der Waals surface area contributed by atoms with E-state index in [2.05, 4.69) is 10.6 Å². The summed E-state index contributed by atoms with van der Waals surface area (Å²) < 4.78 is 12.7. The molecule has 0 aliphatic carbocycles. The summed E-state index contributed by atoms with van der Waals surface area (Å²) >= 11 is 0. The van der Waals surface area contributed by atoms with Gasteiger partial charge in [0.05, 0.1) is 6.04 Å². The third-order valence-corrected chi connectivity index (χ3v) is 2.75. The maximum Gasteiger partial charge on any atom is 0.319 e. The molecule has 2 N–H and O–H groups in total. The summed E-state index contributed by atoms with van der Waals surface area (Å²) in [4.78, 5) is 11.8. The van der Waals surface area contributed by atoms with E-state index in [1.807, 2.05) is 37.3 Å². The fraction of sp³-hybridized carbons (Fsp3) is 0.133. The third-order valence-electron chi connectivity index (χ3n) is 2.75. The molecule has 0 radical (unpaired) electrons. The van der Waals surface area contributed by atoms with Gasteiger partial charge in [-0.3, -0.25) is 0 Å². The summed E-state index contributed by atoms with van der Waals surface area (Å²) in [5.41, 5.74) is 1.58. The van der Waals surface area contributed by atoms with Crippen LogP contribution in [0.2, 0.25) is 0 Å². The van der Waals surface area contributed by atoms with E-state index in [0.29, 0.717) is 5.69 Å². The van der Waals surface area contributed by atoms with E-state index in [-0.39, 0.29) is 17.9 Å². The second kappa shape index (κ2) is 6.00. The number of nitrogens with one attached hydrogen (secondary N) is 2. The molecule has 0 aromatic heterocycles. The molecule has 2 amide bonds. The first-order valence-electron chi connectivity index (χ1n) is 6.03. The summed E-state index contributed by atoms with van der Waals surface area (Å²) in [5, 5.41) is 5.47. The summed E-state index contributed by atoms with van der Waals surface area (Å²) in [5.74, 6) is -0.330. The highest BCUT2D eigenvalue weighted by molar-refractivity contribution is 5.89. The molecule has 0 saturated carbocycles. The molecule has 19 heavy (non-hydrogen) atoms. The highest BCUT2D eigenvalue weighted by atomic mass is 19.1. The van der Waals surface area contributed by atoms with Crippen LogP contribution in [0.1, 0.15) is 18.5 Å². The Balaban J connectivity index is 1.93. The maximum atomic E-state index is 12.7. The van der Waals surface area contributed by atoms with E-state index in [9.17, 15) is 9.18 Å². The summed E-state index contributed by atoms with van der Waals surface area (Å²) in [6, 6.07) is 14.9. The molecule has 0 spiro atoms. The predicted octanol–water partition coefficient (Wildman–Crippen LogP) is 3.71. The topological polar surface area (TPSA) is 41.1 Å². The largest absolute Gasteiger partial charge is 0.331 e. The van der Waals surface area contributed by atoms with Gasteiger partial charge in [0.25, 0.3) is 0 Å². The molecule has 0 bridgehead atoms. The monoisotopic (exact) mass is 258 g/mol. The molecule has 0 aliphatic heterocycles. The minimum atomic E-state index is -0.330. The Kier molecular flexibility index (Phi) is 4.13. The van der Waals surface area contributed by atoms with Gasteiger partial charge in [0, 0.05) is 5.69 Å². The smallest absolute Gasteiger partial charge is 0.319 e. The van der Waals surface area contributed by atoms with E-state index in [1.165, 1.54) is 24.3 Å². The normalized spacial score (nSPS) is 11.7. The average molecular weight is 258 g/mol. The zero-order chi connectivity index (χ0) is 13.7. The summed E-state index contributed by atoms with van der Waals surface area (Å²) in [7, 11) is 0. The van der Waals surface area contributed by atoms with E-state index in [0.717, 1.165) is 5.56 Å². The molecule has 98 valence electrons. The first kappa shape index (κ1) is 13.1. The van der Waals surface area contributed by atoms with Crippen LogP contribution in [0.4, 0.5) is 14.9 Å². The van der Waals surface area contributed by atoms with E-state index in [4.69, 9.17) is 0 Å². The first-order valence-corrected chi connectivity index (χ1v) is 6.03. The van der Waals surface area contributed by atoms with Gasteiger partial charge in [-0.05, 0) is 36.8 Å². The number of benzene rings is 2. The molecule has 2 rings (SSSR count). The molecule has 0 heterocycles. The van der Waals surface area contributed by atoms with Gasteiger partial charge in [-0.2, -0.15) is 0 Å². The van der Waals surface area contributed by atoms with Crippen molar-refractivity contribution >= 4 is 11.7 Å². The van der Waals surface area contributed by atoms with E-state index < -0.39 is 0 Å². The van der Waals surface area contributed by atoms with Crippen LogP contribution in [-0.4, -0.2) is 6.03 Å². The minimum absolute atomic E-state index is 0.0957. The lowest BCUT2D eigenvalue weighted by atomic mass is 10.1. The van der Waals surface area contributed by atoms with Crippen molar-refractivity contribution in [1.82, 2.24) is 5.32 Å². The molecule has 0 fully saturated rings. The molecule has 2 aromatic rings. The number of carbonyl (C=O) groups excluding carboxylic acids is 1. The molecule has 0 unspecified atom stereocenters. The Labute approximate surface area is 111 Å². The summed E-state index contributed by atoms with van der Waals surface area (Å²) in [6.45, 7) is 1.90. The third kappa shape index (κ3) is 3.81. The lowest BCUT2D eigenvalue weighted by Crippen LogP contribution is -2.31. The Hall–Kier alpha value is -2.36. The van der Waals surface area contributed by atoms with E-state index in [1.54, 1.807) is 0 Å². The number of rotatable bonds is 3. The van der Waals surface area contributed by atoms with Crippen molar-refractivity contribution in [1.29, 1.82) is 0 Å². The van der Waals surface area contributed by atoms with Crippen LogP contribution < -0.4 is 10.6 Å². The van der Waals surface area contributed by atoms with Crippen LogP contribution in [-0.2, 0) is 0 Å². The number of halogens is 1. The van der Waals surface area contributed by atoms with Crippen LogP contribution in [0.15, 0.2) is 54.6 Å². The number of amides is 2. The van der Waals surface area contributed by atoms with Crippen molar-refractivity contribution in [2.75, 3.05) is 5.32 Å². The number of hydrogen-bond donors (Lipinski definition) is 2. The van der Waals surface area contributed by atoms with Gasteiger partial charge in [-0.25, -0.2) is 9.18 Å². The summed E-state index contributed by atoms with van der Waals surface area (Å²) in [6.07, 6.45) is 0. The van der Waals surface area contributed by atoms with Crippen LogP contribution in [0.3, 0.4) is 0 Å². The second-order valence-electron chi connectivity index (χ2n) is 4.24. The molecule has 4 heteroatoms. The van der Waals surface area contributed by atoms with Crippen molar-refractivity contribution < 1.29 is 9.18 Å². The van der Waals surface area contributed by atoms with Crippen LogP contribution >= 0.6 is 0 Å². The molecular weight excluding hydrogens is 243 g/mol. The van der Waals surface area contributed by atoms with Crippen molar-refractivity contribution in [2.45, 2.75) is 13.0 Å². The molecule has 3 nitrogen and oxygen atoms in total. The van der Waals surface area contributed by atoms with Crippen LogP contribution in [0, 0.1) is 5.82 Å². The Bertz CT molecular complexity index is 540. The predicted molar refractivity (Wildman–Crippen MR) is 73.4 cm³/mol. The molecule has 2 aromatic carbocycles. The molecule has 1 atom stereocenters. The SMILES string of the molecule is C[C@H](NC(=O)Nc1ccc(F)cc1)c1ccccc1. The Morgan fingerprint density at radius 2 is 1.68 bits per heavy atom. The van der Waals surface area contributed by atoms with Gasteiger partial charge in [-0.1, -0.05) is 30.3 Å². The van der Waals surface area contributed by atoms with Gasteiger partial charge in [-0.15, -0.1) is 0 Å². The van der Waals surface area contributed by atoms with E-state index >= 15 is 0 Å². The molecule has 0 aliphatic rings.